The summed E-state index contributed by atoms with van der Waals surface area (Å²) in [7, 11) is 2.18. The third kappa shape index (κ3) is 8.83. The molecule has 0 saturated carbocycles. The lowest BCUT2D eigenvalue weighted by molar-refractivity contribution is -0.129. The van der Waals surface area contributed by atoms with E-state index in [0.29, 0.717) is 13.0 Å². The summed E-state index contributed by atoms with van der Waals surface area (Å²) < 4.78 is 7.48. The fourth-order valence-electron chi connectivity index (χ4n) is 6.73. The molecule has 2 aromatic carbocycles. The lowest BCUT2D eigenvalue weighted by Gasteiger charge is -2.32. The van der Waals surface area contributed by atoms with Crippen molar-refractivity contribution in [3.63, 3.8) is 0 Å². The number of anilines is 1. The number of piperazine rings is 1. The number of likely N-dealkylation sites (N-methyl/N-ethyl adjacent to an activating group) is 1. The highest BCUT2D eigenvalue weighted by Gasteiger charge is 2.22. The first kappa shape index (κ1) is 34.5. The van der Waals surface area contributed by atoms with Crippen LogP contribution in [0, 0.1) is 0 Å². The smallest absolute Gasteiger partial charge is 0.229 e. The Labute approximate surface area is 289 Å². The monoisotopic (exact) mass is 666 g/mol. The molecule has 11 heteroatoms. The molecule has 0 spiro atoms. The normalized spacial score (nSPS) is 16.1. The van der Waals surface area contributed by atoms with Crippen LogP contribution in [0.2, 0.25) is 0 Å². The molecule has 11 nitrogen and oxygen atoms in total. The van der Waals surface area contributed by atoms with Crippen LogP contribution >= 0.6 is 0 Å². The Morgan fingerprint density at radius 2 is 1.57 bits per heavy atom. The molecule has 260 valence electrons. The van der Waals surface area contributed by atoms with Crippen molar-refractivity contribution in [1.29, 1.82) is 0 Å². The number of carbonyl (C=O) groups is 2. The maximum Gasteiger partial charge on any atom is 0.229 e. The van der Waals surface area contributed by atoms with Crippen molar-refractivity contribution in [2.75, 3.05) is 51.8 Å². The summed E-state index contributed by atoms with van der Waals surface area (Å²) in [5.41, 5.74) is 8.20. The fraction of sp³-hybridized carbons (Fsp3) is 0.474. The van der Waals surface area contributed by atoms with Crippen molar-refractivity contribution in [3.05, 3.63) is 77.1 Å². The van der Waals surface area contributed by atoms with Crippen molar-refractivity contribution in [2.45, 2.75) is 71.8 Å². The molecule has 0 aliphatic carbocycles. The molecule has 0 radical (unpaired) electrons. The van der Waals surface area contributed by atoms with Gasteiger partial charge in [0.1, 0.15) is 6.42 Å². The van der Waals surface area contributed by atoms with E-state index in [9.17, 15) is 9.59 Å². The second-order valence-electron chi connectivity index (χ2n) is 13.2. The van der Waals surface area contributed by atoms with Crippen LogP contribution < -0.4 is 16.0 Å². The molecule has 2 aliphatic rings. The zero-order chi connectivity index (χ0) is 34.2. The number of nitrogens with one attached hydrogen (secondary N) is 3. The van der Waals surface area contributed by atoms with E-state index in [-0.39, 0.29) is 30.8 Å². The summed E-state index contributed by atoms with van der Waals surface area (Å²) in [5, 5.41) is 15.2. The van der Waals surface area contributed by atoms with Crippen molar-refractivity contribution < 1.29 is 14.3 Å². The Bertz CT molecular complexity index is 1740. The van der Waals surface area contributed by atoms with Crippen LogP contribution in [0.3, 0.4) is 0 Å². The Hall–Kier alpha value is -4.32. The quantitative estimate of drug-likeness (QED) is 0.181. The van der Waals surface area contributed by atoms with Crippen LogP contribution in [-0.2, 0) is 46.9 Å². The predicted octanol–water partition coefficient (Wildman–Crippen LogP) is 4.34. The highest BCUT2D eigenvalue weighted by Crippen LogP contribution is 2.31. The van der Waals surface area contributed by atoms with E-state index in [1.807, 2.05) is 23.0 Å². The maximum absolute atomic E-state index is 13.0. The number of nitrogens with zero attached hydrogens (tertiary/aromatic N) is 5. The number of rotatable bonds is 13. The van der Waals surface area contributed by atoms with Gasteiger partial charge >= 0.3 is 0 Å². The molecule has 0 atom stereocenters. The van der Waals surface area contributed by atoms with Gasteiger partial charge in [0.25, 0.3) is 0 Å². The molecule has 0 unspecified atom stereocenters. The number of ether oxygens (including phenoxy) is 1. The first-order valence-electron chi connectivity index (χ1n) is 17.7. The van der Waals surface area contributed by atoms with Gasteiger partial charge in [0, 0.05) is 82.9 Å². The van der Waals surface area contributed by atoms with E-state index < -0.39 is 0 Å². The van der Waals surface area contributed by atoms with Crippen LogP contribution in [0.15, 0.2) is 54.7 Å². The van der Waals surface area contributed by atoms with Gasteiger partial charge in [0.2, 0.25) is 11.8 Å². The van der Waals surface area contributed by atoms with Gasteiger partial charge in [0.05, 0.1) is 17.3 Å². The van der Waals surface area contributed by atoms with Crippen LogP contribution in [0.1, 0.15) is 55.5 Å². The Balaban J connectivity index is 1.05. The maximum atomic E-state index is 13.0. The minimum absolute atomic E-state index is 0.248. The highest BCUT2D eigenvalue weighted by molar-refractivity contribution is 5.97. The molecule has 4 heterocycles. The van der Waals surface area contributed by atoms with Gasteiger partial charge < -0.3 is 25.6 Å². The second kappa shape index (κ2) is 16.4. The first-order valence-corrected chi connectivity index (χ1v) is 17.7. The SMILES string of the molecule is CCc1nc2c(cnn2CC)c(NC2CCOCC2)c1CNC(=O)CC(=O)NCc1cccc(-c2cccc(CN3CCN(C)CC3)c2)c1. The Morgan fingerprint density at radius 3 is 2.27 bits per heavy atom. The number of carbonyl (C=O) groups excluding carboxylic acids is 2. The average molecular weight is 667 g/mol. The highest BCUT2D eigenvalue weighted by atomic mass is 16.5. The molecule has 6 rings (SSSR count). The third-order valence-electron chi connectivity index (χ3n) is 9.64. The average Bonchev–Trinajstić information content (AvgIpc) is 3.54. The van der Waals surface area contributed by atoms with Crippen LogP contribution in [-0.4, -0.2) is 88.9 Å². The van der Waals surface area contributed by atoms with Gasteiger partial charge in [-0.15, -0.1) is 0 Å². The number of hydrogen-bond acceptors (Lipinski definition) is 8. The van der Waals surface area contributed by atoms with Gasteiger partial charge in [-0.25, -0.2) is 9.67 Å². The summed E-state index contributed by atoms with van der Waals surface area (Å²) in [6, 6.07) is 17.2. The zero-order valence-electron chi connectivity index (χ0n) is 29.1. The van der Waals surface area contributed by atoms with Gasteiger partial charge in [-0.1, -0.05) is 43.3 Å². The molecule has 3 N–H and O–H groups in total. The second-order valence-corrected chi connectivity index (χ2v) is 13.2. The van der Waals surface area contributed by atoms with E-state index >= 15 is 0 Å². The number of pyridine rings is 1. The molecular weight excluding hydrogens is 616 g/mol. The van der Waals surface area contributed by atoms with Gasteiger partial charge in [-0.2, -0.15) is 5.10 Å². The molecule has 2 fully saturated rings. The summed E-state index contributed by atoms with van der Waals surface area (Å²) >= 11 is 0. The van der Waals surface area contributed by atoms with Crippen LogP contribution in [0.5, 0.6) is 0 Å². The van der Waals surface area contributed by atoms with Crippen molar-refractivity contribution in [1.82, 2.24) is 35.2 Å². The third-order valence-corrected chi connectivity index (χ3v) is 9.64. The number of hydrogen-bond donors (Lipinski definition) is 3. The Kier molecular flexibility index (Phi) is 11.6. The standard InChI is InChI=1S/C38H50N8O3/c1-4-34-32(37(42-31-12-18-49-19-13-31)33-25-41-46(5-2)38(33)43-34)24-40-36(48)22-35(47)39-23-27-8-6-10-29(20-27)30-11-7-9-28(21-30)26-45-16-14-44(3)15-17-45/h6-11,20-21,25,31H,4-5,12-19,22-24,26H2,1-3H3,(H,39,47)(H,40,48)(H,42,43). The number of amides is 2. The van der Waals surface area contributed by atoms with Gasteiger partial charge in [-0.3, -0.25) is 14.5 Å². The number of aryl methyl sites for hydroxylation is 2. The Morgan fingerprint density at radius 1 is 0.898 bits per heavy atom. The minimum atomic E-state index is -0.327. The summed E-state index contributed by atoms with van der Waals surface area (Å²) in [6.45, 7) is 12.2. The van der Waals surface area contributed by atoms with E-state index in [1.165, 1.54) is 5.56 Å². The van der Waals surface area contributed by atoms with Gasteiger partial charge in [0.15, 0.2) is 5.65 Å². The fourth-order valence-corrected chi connectivity index (χ4v) is 6.73. The number of fused-ring (bicyclic) bond motifs is 1. The van der Waals surface area contributed by atoms with Crippen molar-refractivity contribution in [2.24, 2.45) is 0 Å². The van der Waals surface area contributed by atoms with Crippen LogP contribution in [0.25, 0.3) is 22.2 Å². The first-order chi connectivity index (χ1) is 23.9. The molecule has 0 bridgehead atoms. The molecule has 2 amide bonds. The summed E-state index contributed by atoms with van der Waals surface area (Å²) in [6.07, 6.45) is 4.13. The van der Waals surface area contributed by atoms with Crippen LogP contribution in [0.4, 0.5) is 5.69 Å². The van der Waals surface area contributed by atoms with Gasteiger partial charge in [-0.05, 0) is 67.6 Å². The molecule has 49 heavy (non-hydrogen) atoms. The molecular formula is C38H50N8O3. The van der Waals surface area contributed by atoms with Crippen molar-refractivity contribution >= 4 is 28.5 Å². The van der Waals surface area contributed by atoms with E-state index in [0.717, 1.165) is 110 Å². The van der Waals surface area contributed by atoms with Crippen molar-refractivity contribution in [3.8, 4) is 11.1 Å². The lowest BCUT2D eigenvalue weighted by atomic mass is 10.0. The summed E-state index contributed by atoms with van der Waals surface area (Å²) in [4.78, 5) is 35.7. The zero-order valence-corrected chi connectivity index (χ0v) is 29.1. The summed E-state index contributed by atoms with van der Waals surface area (Å²) in [5.74, 6) is -0.641. The topological polar surface area (TPSA) is 117 Å². The number of aromatic nitrogens is 3. The van der Waals surface area contributed by atoms with E-state index in [1.54, 1.807) is 0 Å². The molecule has 2 saturated heterocycles. The largest absolute Gasteiger partial charge is 0.381 e. The molecule has 2 aliphatic heterocycles. The predicted molar refractivity (Wildman–Crippen MR) is 193 cm³/mol. The molecule has 2 aromatic heterocycles. The van der Waals surface area contributed by atoms with E-state index in [4.69, 9.17) is 9.72 Å². The van der Waals surface area contributed by atoms with E-state index in [2.05, 4.69) is 88.1 Å². The minimum Gasteiger partial charge on any atom is -0.381 e. The number of benzene rings is 2. The lowest BCUT2D eigenvalue weighted by Crippen LogP contribution is -2.43. The molecule has 4 aromatic rings.